The number of amides is 1. The minimum absolute atomic E-state index is 0.00600. The first-order valence-corrected chi connectivity index (χ1v) is 6.40. The van der Waals surface area contributed by atoms with Crippen LogP contribution in [-0.4, -0.2) is 24.0 Å². The smallest absolute Gasteiger partial charge is 0.221 e. The topological polar surface area (TPSA) is 77.2 Å². The van der Waals surface area contributed by atoms with E-state index in [1.165, 1.54) is 11.3 Å². The normalized spacial score (nSPS) is 14.4. The van der Waals surface area contributed by atoms with Gasteiger partial charge in [-0.15, -0.1) is 11.3 Å². The second-order valence-corrected chi connectivity index (χ2v) is 4.90. The van der Waals surface area contributed by atoms with E-state index in [0.717, 1.165) is 10.7 Å². The molecule has 17 heavy (non-hydrogen) atoms. The maximum Gasteiger partial charge on any atom is 0.221 e. The minimum atomic E-state index is -0.116. The second-order valence-electron chi connectivity index (χ2n) is 4.01. The molecule has 0 saturated heterocycles. The molecule has 0 aromatic carbocycles. The molecule has 0 spiro atoms. The fraction of sp³-hybridized carbons (Fsp3) is 0.636. The molecule has 96 valence electrons. The van der Waals surface area contributed by atoms with Crippen molar-refractivity contribution in [3.8, 4) is 0 Å². The predicted molar refractivity (Wildman–Crippen MR) is 67.7 cm³/mol. The van der Waals surface area contributed by atoms with E-state index in [0.29, 0.717) is 13.0 Å². The fourth-order valence-electron chi connectivity index (χ4n) is 1.25. The van der Waals surface area contributed by atoms with Gasteiger partial charge in [-0.3, -0.25) is 4.79 Å². The van der Waals surface area contributed by atoms with Crippen molar-refractivity contribution in [1.29, 1.82) is 0 Å². The van der Waals surface area contributed by atoms with Crippen LogP contribution in [0.5, 0.6) is 0 Å². The van der Waals surface area contributed by atoms with Crippen LogP contribution in [0.25, 0.3) is 0 Å². The number of ether oxygens (including phenoxy) is 1. The van der Waals surface area contributed by atoms with Crippen LogP contribution in [0.1, 0.15) is 37.1 Å². The van der Waals surface area contributed by atoms with Crippen molar-refractivity contribution >= 4 is 17.2 Å². The summed E-state index contributed by atoms with van der Waals surface area (Å²) >= 11 is 1.54. The minimum Gasteiger partial charge on any atom is -0.375 e. The van der Waals surface area contributed by atoms with Gasteiger partial charge >= 0.3 is 0 Å². The van der Waals surface area contributed by atoms with Crippen molar-refractivity contribution < 1.29 is 9.53 Å². The Morgan fingerprint density at radius 1 is 1.65 bits per heavy atom. The molecule has 1 heterocycles. The summed E-state index contributed by atoms with van der Waals surface area (Å²) in [7, 11) is 1.65. The third-order valence-corrected chi connectivity index (χ3v) is 3.30. The number of methoxy groups -OCH3 is 1. The Labute approximate surface area is 105 Å². The molecule has 0 aliphatic rings. The molecule has 2 unspecified atom stereocenters. The SMILES string of the molecule is COC(C)c1nc(CNC(=O)CC(C)N)cs1. The summed E-state index contributed by atoms with van der Waals surface area (Å²) < 4.78 is 5.17. The molecule has 6 heteroatoms. The van der Waals surface area contributed by atoms with Crippen molar-refractivity contribution in [3.63, 3.8) is 0 Å². The van der Waals surface area contributed by atoms with Crippen LogP contribution in [0.4, 0.5) is 0 Å². The maximum absolute atomic E-state index is 11.4. The fourth-order valence-corrected chi connectivity index (χ4v) is 2.10. The van der Waals surface area contributed by atoms with Crippen LogP contribution in [0.2, 0.25) is 0 Å². The molecule has 5 nitrogen and oxygen atoms in total. The predicted octanol–water partition coefficient (Wildman–Crippen LogP) is 1.20. The Hall–Kier alpha value is -0.980. The molecular formula is C11H19N3O2S. The summed E-state index contributed by atoms with van der Waals surface area (Å²) in [4.78, 5) is 15.8. The van der Waals surface area contributed by atoms with Crippen molar-refractivity contribution in [2.24, 2.45) is 5.73 Å². The summed E-state index contributed by atoms with van der Waals surface area (Å²) in [6.07, 6.45) is 0.333. The molecule has 1 amide bonds. The molecule has 0 fully saturated rings. The number of carbonyl (C=O) groups is 1. The Bertz CT molecular complexity index is 365. The van der Waals surface area contributed by atoms with Gasteiger partial charge in [-0.05, 0) is 13.8 Å². The van der Waals surface area contributed by atoms with E-state index in [-0.39, 0.29) is 18.1 Å². The highest BCUT2D eigenvalue weighted by Crippen LogP contribution is 2.20. The van der Waals surface area contributed by atoms with Crippen LogP contribution < -0.4 is 11.1 Å². The number of hydrogen-bond acceptors (Lipinski definition) is 5. The molecule has 0 bridgehead atoms. The highest BCUT2D eigenvalue weighted by molar-refractivity contribution is 7.09. The summed E-state index contributed by atoms with van der Waals surface area (Å²) in [6.45, 7) is 4.19. The zero-order valence-corrected chi connectivity index (χ0v) is 11.2. The maximum atomic E-state index is 11.4. The van der Waals surface area contributed by atoms with Gasteiger partial charge in [0.1, 0.15) is 11.1 Å². The number of hydrogen-bond donors (Lipinski definition) is 2. The first-order chi connectivity index (χ1) is 8.02. The van der Waals surface area contributed by atoms with Gasteiger partial charge in [0.05, 0.1) is 12.2 Å². The lowest BCUT2D eigenvalue weighted by atomic mass is 10.2. The van der Waals surface area contributed by atoms with Crippen molar-refractivity contribution in [1.82, 2.24) is 10.3 Å². The first-order valence-electron chi connectivity index (χ1n) is 5.52. The Balaban J connectivity index is 2.42. The average Bonchev–Trinajstić information content (AvgIpc) is 2.73. The molecule has 0 aliphatic heterocycles. The third kappa shape index (κ3) is 4.80. The van der Waals surface area contributed by atoms with Gasteiger partial charge in [-0.2, -0.15) is 0 Å². The van der Waals surface area contributed by atoms with E-state index >= 15 is 0 Å². The quantitative estimate of drug-likeness (QED) is 0.803. The van der Waals surface area contributed by atoms with Gasteiger partial charge in [0.25, 0.3) is 0 Å². The monoisotopic (exact) mass is 257 g/mol. The molecule has 2 atom stereocenters. The molecule has 3 N–H and O–H groups in total. The van der Waals surface area contributed by atoms with Gasteiger partial charge in [0.2, 0.25) is 5.91 Å². The highest BCUT2D eigenvalue weighted by atomic mass is 32.1. The number of aromatic nitrogens is 1. The van der Waals surface area contributed by atoms with Gasteiger partial charge < -0.3 is 15.8 Å². The van der Waals surface area contributed by atoms with Crippen LogP contribution in [0.3, 0.4) is 0 Å². The first kappa shape index (κ1) is 14.1. The summed E-state index contributed by atoms with van der Waals surface area (Å²) in [5.74, 6) is -0.0469. The molecule has 0 saturated carbocycles. The molecular weight excluding hydrogens is 238 g/mol. The van der Waals surface area contributed by atoms with E-state index in [9.17, 15) is 4.79 Å². The summed E-state index contributed by atoms with van der Waals surface area (Å²) in [5.41, 5.74) is 6.39. The van der Waals surface area contributed by atoms with E-state index in [4.69, 9.17) is 10.5 Å². The zero-order chi connectivity index (χ0) is 12.8. The molecule has 1 aromatic rings. The van der Waals surface area contributed by atoms with Crippen LogP contribution in [-0.2, 0) is 16.1 Å². The van der Waals surface area contributed by atoms with Crippen LogP contribution in [0, 0.1) is 0 Å². The molecule has 1 aromatic heterocycles. The van der Waals surface area contributed by atoms with Crippen molar-refractivity contribution in [2.45, 2.75) is 39.0 Å². The lowest BCUT2D eigenvalue weighted by molar-refractivity contribution is -0.121. The highest BCUT2D eigenvalue weighted by Gasteiger charge is 2.10. The van der Waals surface area contributed by atoms with Crippen LogP contribution in [0.15, 0.2) is 5.38 Å². The largest absolute Gasteiger partial charge is 0.375 e. The third-order valence-electron chi connectivity index (χ3n) is 2.24. The van der Waals surface area contributed by atoms with E-state index in [2.05, 4.69) is 10.3 Å². The summed E-state index contributed by atoms with van der Waals surface area (Å²) in [5, 5.41) is 5.63. The van der Waals surface area contributed by atoms with Gasteiger partial charge in [0, 0.05) is 25.0 Å². The number of carbonyl (C=O) groups excluding carboxylic acids is 1. The van der Waals surface area contributed by atoms with Crippen molar-refractivity contribution in [2.75, 3.05) is 7.11 Å². The Morgan fingerprint density at radius 3 is 2.94 bits per heavy atom. The zero-order valence-electron chi connectivity index (χ0n) is 10.4. The molecule has 0 aliphatic carbocycles. The van der Waals surface area contributed by atoms with E-state index in [1.54, 1.807) is 14.0 Å². The molecule has 1 rings (SSSR count). The lowest BCUT2D eigenvalue weighted by Gasteiger charge is -2.06. The number of thiazole rings is 1. The van der Waals surface area contributed by atoms with Crippen LogP contribution >= 0.6 is 11.3 Å². The lowest BCUT2D eigenvalue weighted by Crippen LogP contribution is -2.29. The number of rotatable bonds is 6. The van der Waals surface area contributed by atoms with Gasteiger partial charge in [-0.25, -0.2) is 4.98 Å². The van der Waals surface area contributed by atoms with Crippen molar-refractivity contribution in [3.05, 3.63) is 16.1 Å². The van der Waals surface area contributed by atoms with E-state index < -0.39 is 0 Å². The molecule has 0 radical (unpaired) electrons. The Morgan fingerprint density at radius 2 is 2.35 bits per heavy atom. The number of nitrogens with one attached hydrogen (secondary N) is 1. The number of nitrogens with two attached hydrogens (primary N) is 1. The Kier molecular flexibility index (Phi) is 5.54. The van der Waals surface area contributed by atoms with E-state index in [1.807, 2.05) is 12.3 Å². The van der Waals surface area contributed by atoms with Gasteiger partial charge in [-0.1, -0.05) is 0 Å². The second kappa shape index (κ2) is 6.68. The summed E-state index contributed by atoms with van der Waals surface area (Å²) in [6, 6.07) is -0.116. The number of nitrogens with zero attached hydrogens (tertiary/aromatic N) is 1. The standard InChI is InChI=1S/C11H19N3O2S/c1-7(12)4-10(15)13-5-9-6-17-11(14-9)8(2)16-3/h6-8H,4-5,12H2,1-3H3,(H,13,15). The van der Waals surface area contributed by atoms with Gasteiger partial charge in [0.15, 0.2) is 0 Å². The average molecular weight is 257 g/mol.